The standard InChI is InChI=1S/C25H25FN6O3S/c1-14(11-34-4)35-20-8-16(32-10-15(9-30-32)25(2,3)33)7-19-21(20)24(28-12-27-19)31-17-5-6-18-23(22(17)26)36-13-29-18/h5-10,12-14,33H,11H2,1-4H3,(H,27,28,31)/t14-/m1/s1. The monoisotopic (exact) mass is 508 g/mol. The predicted molar refractivity (Wildman–Crippen MR) is 137 cm³/mol. The van der Waals surface area contributed by atoms with Gasteiger partial charge in [-0.3, -0.25) is 0 Å². The van der Waals surface area contributed by atoms with Crippen LogP contribution < -0.4 is 10.1 Å². The van der Waals surface area contributed by atoms with E-state index in [0.29, 0.717) is 50.5 Å². The molecule has 2 aromatic carbocycles. The lowest BCUT2D eigenvalue weighted by Gasteiger charge is -2.18. The van der Waals surface area contributed by atoms with Crippen molar-refractivity contribution in [1.29, 1.82) is 0 Å². The number of aromatic nitrogens is 5. The number of aliphatic hydroxyl groups is 1. The second-order valence-electron chi connectivity index (χ2n) is 8.93. The molecule has 0 unspecified atom stereocenters. The van der Waals surface area contributed by atoms with E-state index in [1.54, 1.807) is 55.7 Å². The van der Waals surface area contributed by atoms with Crippen molar-refractivity contribution in [1.82, 2.24) is 24.7 Å². The molecular weight excluding hydrogens is 483 g/mol. The molecule has 0 fully saturated rings. The molecule has 3 heterocycles. The van der Waals surface area contributed by atoms with Gasteiger partial charge in [0, 0.05) is 24.9 Å². The summed E-state index contributed by atoms with van der Waals surface area (Å²) < 4.78 is 28.8. The zero-order valence-corrected chi connectivity index (χ0v) is 21.0. The van der Waals surface area contributed by atoms with Crippen LogP contribution in [-0.4, -0.2) is 49.7 Å². The maximum Gasteiger partial charge on any atom is 0.166 e. The highest BCUT2D eigenvalue weighted by Gasteiger charge is 2.21. The molecule has 0 saturated carbocycles. The summed E-state index contributed by atoms with van der Waals surface area (Å²) in [5.74, 6) is 0.477. The number of methoxy groups -OCH3 is 1. The third-order valence-corrected chi connectivity index (χ3v) is 6.50. The Morgan fingerprint density at radius 1 is 1.19 bits per heavy atom. The molecule has 1 atom stereocenters. The van der Waals surface area contributed by atoms with Gasteiger partial charge in [-0.1, -0.05) is 0 Å². The number of halogens is 1. The van der Waals surface area contributed by atoms with Crippen molar-refractivity contribution in [3.8, 4) is 11.4 Å². The Hall–Kier alpha value is -3.67. The maximum atomic E-state index is 15.2. The number of nitrogens with zero attached hydrogens (tertiary/aromatic N) is 5. The predicted octanol–water partition coefficient (Wildman–Crippen LogP) is 4.95. The van der Waals surface area contributed by atoms with Crippen molar-refractivity contribution in [2.45, 2.75) is 32.5 Å². The van der Waals surface area contributed by atoms with Gasteiger partial charge in [0.2, 0.25) is 0 Å². The van der Waals surface area contributed by atoms with Crippen LogP contribution in [0.5, 0.6) is 5.75 Å². The number of nitrogens with one attached hydrogen (secondary N) is 1. The number of hydrogen-bond acceptors (Lipinski definition) is 9. The molecule has 11 heteroatoms. The fraction of sp³-hybridized carbons (Fsp3) is 0.280. The van der Waals surface area contributed by atoms with E-state index >= 15 is 4.39 Å². The second-order valence-corrected chi connectivity index (χ2v) is 9.78. The van der Waals surface area contributed by atoms with Gasteiger partial charge < -0.3 is 19.9 Å². The summed E-state index contributed by atoms with van der Waals surface area (Å²) in [6.07, 6.45) is 4.50. The molecule has 3 aromatic heterocycles. The molecule has 186 valence electrons. The lowest BCUT2D eigenvalue weighted by atomic mass is 10.0. The number of thiazole rings is 1. The van der Waals surface area contributed by atoms with Crippen molar-refractivity contribution in [2.75, 3.05) is 19.0 Å². The van der Waals surface area contributed by atoms with Gasteiger partial charge in [0.25, 0.3) is 0 Å². The summed E-state index contributed by atoms with van der Waals surface area (Å²) in [5, 5.41) is 18.5. The van der Waals surface area contributed by atoms with Crippen LogP contribution in [0, 0.1) is 5.82 Å². The van der Waals surface area contributed by atoms with E-state index in [2.05, 4.69) is 25.4 Å². The van der Waals surface area contributed by atoms with Gasteiger partial charge in [-0.2, -0.15) is 5.10 Å². The minimum atomic E-state index is -1.04. The van der Waals surface area contributed by atoms with Crippen molar-refractivity contribution >= 4 is 44.0 Å². The molecule has 5 rings (SSSR count). The van der Waals surface area contributed by atoms with Crippen LogP contribution in [0.15, 0.2) is 48.5 Å². The Kier molecular flexibility index (Phi) is 6.29. The van der Waals surface area contributed by atoms with E-state index < -0.39 is 11.4 Å². The average Bonchev–Trinajstić information content (AvgIpc) is 3.51. The fourth-order valence-corrected chi connectivity index (χ4v) is 4.57. The largest absolute Gasteiger partial charge is 0.487 e. The fourth-order valence-electron chi connectivity index (χ4n) is 3.84. The summed E-state index contributed by atoms with van der Waals surface area (Å²) in [5.41, 5.74) is 3.36. The zero-order chi connectivity index (χ0) is 25.4. The van der Waals surface area contributed by atoms with Crippen LogP contribution in [0.1, 0.15) is 26.3 Å². The van der Waals surface area contributed by atoms with Crippen molar-refractivity contribution in [3.63, 3.8) is 0 Å². The van der Waals surface area contributed by atoms with Gasteiger partial charge in [0.1, 0.15) is 24.0 Å². The van der Waals surface area contributed by atoms with Crippen molar-refractivity contribution in [2.24, 2.45) is 0 Å². The topological polar surface area (TPSA) is 107 Å². The van der Waals surface area contributed by atoms with E-state index in [-0.39, 0.29) is 11.8 Å². The van der Waals surface area contributed by atoms with E-state index in [0.717, 1.165) is 0 Å². The van der Waals surface area contributed by atoms with Crippen LogP contribution in [0.2, 0.25) is 0 Å². The Labute approximate surface area is 210 Å². The first-order valence-corrected chi connectivity index (χ1v) is 12.1. The lowest BCUT2D eigenvalue weighted by molar-refractivity contribution is 0.0786. The highest BCUT2D eigenvalue weighted by Crippen LogP contribution is 2.36. The molecule has 0 aliphatic carbocycles. The van der Waals surface area contributed by atoms with Gasteiger partial charge in [0.05, 0.1) is 56.4 Å². The summed E-state index contributed by atoms with van der Waals surface area (Å²) in [4.78, 5) is 13.0. The zero-order valence-electron chi connectivity index (χ0n) is 20.2. The van der Waals surface area contributed by atoms with Gasteiger partial charge >= 0.3 is 0 Å². The molecule has 0 radical (unpaired) electrons. The minimum absolute atomic E-state index is 0.272. The SMILES string of the molecule is COC[C@@H](C)Oc1cc(-n2cc(C(C)(C)O)cn2)cc2ncnc(Nc3ccc4ncsc4c3F)c12. The Balaban J connectivity index is 1.63. The molecular formula is C25H25FN6O3S. The van der Waals surface area contributed by atoms with Gasteiger partial charge in [-0.15, -0.1) is 11.3 Å². The van der Waals surface area contributed by atoms with Gasteiger partial charge in [-0.05, 0) is 39.0 Å². The molecule has 5 aromatic rings. The normalized spacial score (nSPS) is 12.8. The number of ether oxygens (including phenoxy) is 2. The number of hydrogen-bond donors (Lipinski definition) is 2. The Morgan fingerprint density at radius 2 is 2.03 bits per heavy atom. The first-order chi connectivity index (χ1) is 17.2. The van der Waals surface area contributed by atoms with Gasteiger partial charge in [-0.25, -0.2) is 24.0 Å². The smallest absolute Gasteiger partial charge is 0.166 e. The molecule has 0 aliphatic rings. The van der Waals surface area contributed by atoms with Crippen molar-refractivity contribution in [3.05, 3.63) is 59.9 Å². The molecule has 0 spiro atoms. The molecule has 36 heavy (non-hydrogen) atoms. The Morgan fingerprint density at radius 3 is 2.78 bits per heavy atom. The number of fused-ring (bicyclic) bond motifs is 2. The van der Waals surface area contributed by atoms with Crippen LogP contribution in [0.25, 0.3) is 26.8 Å². The summed E-state index contributed by atoms with van der Waals surface area (Å²) in [6.45, 7) is 5.65. The third-order valence-electron chi connectivity index (χ3n) is 5.66. The molecule has 0 aliphatic heterocycles. The van der Waals surface area contributed by atoms with Gasteiger partial charge in [0.15, 0.2) is 5.82 Å². The minimum Gasteiger partial charge on any atom is -0.487 e. The summed E-state index contributed by atoms with van der Waals surface area (Å²) in [6, 6.07) is 7.04. The summed E-state index contributed by atoms with van der Waals surface area (Å²) >= 11 is 1.24. The first kappa shape index (κ1) is 24.0. The highest BCUT2D eigenvalue weighted by atomic mass is 32.1. The van der Waals surface area contributed by atoms with E-state index in [9.17, 15) is 5.11 Å². The van der Waals surface area contributed by atoms with E-state index in [1.165, 1.54) is 17.7 Å². The summed E-state index contributed by atoms with van der Waals surface area (Å²) in [7, 11) is 1.60. The van der Waals surface area contributed by atoms with Crippen LogP contribution in [0.3, 0.4) is 0 Å². The highest BCUT2D eigenvalue weighted by molar-refractivity contribution is 7.16. The molecule has 0 amide bonds. The molecule has 2 N–H and O–H groups in total. The van der Waals surface area contributed by atoms with Crippen molar-refractivity contribution < 1.29 is 19.0 Å². The van der Waals surface area contributed by atoms with Crippen LogP contribution in [-0.2, 0) is 10.3 Å². The first-order valence-electron chi connectivity index (χ1n) is 11.3. The lowest BCUT2D eigenvalue weighted by Crippen LogP contribution is -2.18. The number of anilines is 2. The number of rotatable bonds is 8. The molecule has 0 bridgehead atoms. The van der Waals surface area contributed by atoms with Crippen LogP contribution >= 0.6 is 11.3 Å². The van der Waals surface area contributed by atoms with E-state index in [4.69, 9.17) is 9.47 Å². The second kappa shape index (κ2) is 9.41. The third kappa shape index (κ3) is 4.60. The quantitative estimate of drug-likeness (QED) is 0.303. The molecule has 0 saturated heterocycles. The maximum absolute atomic E-state index is 15.2. The Bertz CT molecular complexity index is 1540. The van der Waals surface area contributed by atoms with Crippen LogP contribution in [0.4, 0.5) is 15.9 Å². The number of benzene rings is 2. The van der Waals surface area contributed by atoms with E-state index in [1.807, 2.05) is 19.1 Å². The molecule has 9 nitrogen and oxygen atoms in total. The average molecular weight is 509 g/mol.